The van der Waals surface area contributed by atoms with E-state index in [1.807, 2.05) is 0 Å². The van der Waals surface area contributed by atoms with E-state index >= 15 is 0 Å². The first kappa shape index (κ1) is 14.9. The molecule has 0 aromatic carbocycles. The first-order valence-corrected chi connectivity index (χ1v) is 6.73. The third kappa shape index (κ3) is 3.76. The normalized spacial score (nSPS) is 10.7. The van der Waals surface area contributed by atoms with Gasteiger partial charge in [0.05, 0.1) is 10.9 Å². The molecule has 112 valence electrons. The molecule has 0 bridgehead atoms. The molecule has 21 heavy (non-hydrogen) atoms. The molecular formula is C13H17N5O3. The standard InChI is InChI=1S/C13H17N5O3/c1-2-3-14-4-5-15-11(19)8-6-9-10(16-7-8)17-13(21)18-12(9)20/h6-7,14H,2-5H2,1H3,(H,15,19)(H2,16,17,18,20,21). The number of H-pyrrole nitrogens is 2. The van der Waals surface area contributed by atoms with E-state index in [1.165, 1.54) is 12.3 Å². The Morgan fingerprint density at radius 3 is 2.81 bits per heavy atom. The highest BCUT2D eigenvalue weighted by molar-refractivity contribution is 5.96. The van der Waals surface area contributed by atoms with Gasteiger partial charge in [-0.1, -0.05) is 6.92 Å². The quantitative estimate of drug-likeness (QED) is 0.527. The molecule has 4 N–H and O–H groups in total. The lowest BCUT2D eigenvalue weighted by Crippen LogP contribution is -2.32. The number of hydrogen-bond donors (Lipinski definition) is 4. The molecule has 0 unspecified atom stereocenters. The van der Waals surface area contributed by atoms with Gasteiger partial charge in [-0.2, -0.15) is 0 Å². The number of amides is 1. The van der Waals surface area contributed by atoms with Gasteiger partial charge in [-0.05, 0) is 19.0 Å². The number of hydrogen-bond acceptors (Lipinski definition) is 5. The number of fused-ring (bicyclic) bond motifs is 1. The molecular weight excluding hydrogens is 274 g/mol. The van der Waals surface area contributed by atoms with Crippen LogP contribution in [0.5, 0.6) is 0 Å². The molecule has 2 rings (SSSR count). The van der Waals surface area contributed by atoms with Crippen LogP contribution in [-0.2, 0) is 0 Å². The van der Waals surface area contributed by atoms with E-state index in [-0.39, 0.29) is 22.5 Å². The van der Waals surface area contributed by atoms with Gasteiger partial charge >= 0.3 is 5.69 Å². The summed E-state index contributed by atoms with van der Waals surface area (Å²) in [6, 6.07) is 1.41. The maximum atomic E-state index is 11.9. The van der Waals surface area contributed by atoms with Crippen LogP contribution >= 0.6 is 0 Å². The minimum atomic E-state index is -0.626. The van der Waals surface area contributed by atoms with E-state index in [1.54, 1.807) is 0 Å². The van der Waals surface area contributed by atoms with Crippen LogP contribution in [-0.4, -0.2) is 40.5 Å². The number of carbonyl (C=O) groups excluding carboxylic acids is 1. The van der Waals surface area contributed by atoms with E-state index in [9.17, 15) is 14.4 Å². The number of aromatic amines is 2. The van der Waals surface area contributed by atoms with Gasteiger partial charge in [0.1, 0.15) is 5.65 Å². The van der Waals surface area contributed by atoms with Crippen LogP contribution in [0.25, 0.3) is 11.0 Å². The molecule has 2 aromatic heterocycles. The number of aromatic nitrogens is 3. The molecule has 0 aliphatic heterocycles. The highest BCUT2D eigenvalue weighted by Gasteiger charge is 2.09. The van der Waals surface area contributed by atoms with E-state index in [0.29, 0.717) is 13.1 Å². The zero-order valence-corrected chi connectivity index (χ0v) is 11.7. The number of carbonyl (C=O) groups is 1. The summed E-state index contributed by atoms with van der Waals surface area (Å²) < 4.78 is 0. The predicted octanol–water partition coefficient (Wildman–Crippen LogP) is -0.659. The Hall–Kier alpha value is -2.48. The summed E-state index contributed by atoms with van der Waals surface area (Å²) in [7, 11) is 0. The number of nitrogens with one attached hydrogen (secondary N) is 4. The second-order valence-corrected chi connectivity index (χ2v) is 4.53. The Morgan fingerprint density at radius 2 is 2.05 bits per heavy atom. The highest BCUT2D eigenvalue weighted by Crippen LogP contribution is 2.04. The van der Waals surface area contributed by atoms with Crippen LogP contribution in [0.15, 0.2) is 21.9 Å². The smallest absolute Gasteiger partial charge is 0.327 e. The monoisotopic (exact) mass is 291 g/mol. The van der Waals surface area contributed by atoms with E-state index in [2.05, 4.69) is 32.5 Å². The lowest BCUT2D eigenvalue weighted by Gasteiger charge is -2.06. The zero-order chi connectivity index (χ0) is 15.2. The number of pyridine rings is 1. The van der Waals surface area contributed by atoms with Crippen molar-refractivity contribution in [3.8, 4) is 0 Å². The Morgan fingerprint density at radius 1 is 1.24 bits per heavy atom. The molecule has 1 amide bonds. The van der Waals surface area contributed by atoms with E-state index in [4.69, 9.17) is 0 Å². The van der Waals surface area contributed by atoms with Gasteiger partial charge in [0.25, 0.3) is 11.5 Å². The lowest BCUT2D eigenvalue weighted by atomic mass is 10.2. The average molecular weight is 291 g/mol. The van der Waals surface area contributed by atoms with Gasteiger partial charge in [-0.15, -0.1) is 0 Å². The summed E-state index contributed by atoms with van der Waals surface area (Å²) in [4.78, 5) is 43.1. The molecule has 0 saturated heterocycles. The van der Waals surface area contributed by atoms with Crippen molar-refractivity contribution < 1.29 is 4.79 Å². The minimum absolute atomic E-state index is 0.157. The molecule has 0 atom stereocenters. The van der Waals surface area contributed by atoms with Crippen LogP contribution in [0, 0.1) is 0 Å². The van der Waals surface area contributed by atoms with Crippen molar-refractivity contribution in [2.24, 2.45) is 0 Å². The molecule has 8 heteroatoms. The lowest BCUT2D eigenvalue weighted by molar-refractivity contribution is 0.0954. The largest absolute Gasteiger partial charge is 0.351 e. The molecule has 8 nitrogen and oxygen atoms in total. The Kier molecular flexibility index (Phi) is 4.83. The maximum Gasteiger partial charge on any atom is 0.327 e. The van der Waals surface area contributed by atoms with Crippen molar-refractivity contribution in [1.29, 1.82) is 0 Å². The third-order valence-electron chi connectivity index (χ3n) is 2.87. The molecule has 0 aliphatic carbocycles. The third-order valence-corrected chi connectivity index (χ3v) is 2.87. The SMILES string of the molecule is CCCNCCNC(=O)c1cnc2[nH]c(=O)[nH]c(=O)c2c1. The fourth-order valence-corrected chi connectivity index (χ4v) is 1.84. The van der Waals surface area contributed by atoms with Crippen LogP contribution in [0.3, 0.4) is 0 Å². The van der Waals surface area contributed by atoms with Crippen molar-refractivity contribution in [1.82, 2.24) is 25.6 Å². The molecule has 0 aliphatic rings. The van der Waals surface area contributed by atoms with Crippen molar-refractivity contribution in [3.63, 3.8) is 0 Å². The highest BCUT2D eigenvalue weighted by atomic mass is 16.2. The molecule has 0 fully saturated rings. The molecule has 0 radical (unpaired) electrons. The Balaban J connectivity index is 2.10. The second kappa shape index (κ2) is 6.80. The first-order chi connectivity index (χ1) is 10.1. The summed E-state index contributed by atoms with van der Waals surface area (Å²) in [5.41, 5.74) is -0.764. The van der Waals surface area contributed by atoms with Gasteiger partial charge < -0.3 is 10.6 Å². The number of nitrogens with zero attached hydrogens (tertiary/aromatic N) is 1. The van der Waals surface area contributed by atoms with E-state index < -0.39 is 11.2 Å². The summed E-state index contributed by atoms with van der Waals surface area (Å²) in [5.74, 6) is -0.312. The Labute approximate surface area is 120 Å². The van der Waals surface area contributed by atoms with Crippen LogP contribution in [0.2, 0.25) is 0 Å². The van der Waals surface area contributed by atoms with Gasteiger partial charge in [0.2, 0.25) is 0 Å². The molecule has 0 spiro atoms. The van der Waals surface area contributed by atoms with Gasteiger partial charge in [0.15, 0.2) is 0 Å². The van der Waals surface area contributed by atoms with E-state index in [0.717, 1.165) is 13.0 Å². The summed E-state index contributed by atoms with van der Waals surface area (Å²) in [5, 5.41) is 6.06. The van der Waals surface area contributed by atoms with Crippen LogP contribution in [0.1, 0.15) is 23.7 Å². The molecule has 2 heterocycles. The second-order valence-electron chi connectivity index (χ2n) is 4.53. The van der Waals surface area contributed by atoms with Gasteiger partial charge in [-0.3, -0.25) is 19.6 Å². The average Bonchev–Trinajstić information content (AvgIpc) is 2.46. The summed E-state index contributed by atoms with van der Waals surface area (Å²) in [6.45, 7) is 4.12. The Bertz CT molecular complexity index is 749. The molecule has 2 aromatic rings. The minimum Gasteiger partial charge on any atom is -0.351 e. The number of rotatable bonds is 6. The zero-order valence-electron chi connectivity index (χ0n) is 11.7. The topological polar surface area (TPSA) is 120 Å². The first-order valence-electron chi connectivity index (χ1n) is 6.73. The van der Waals surface area contributed by atoms with Crippen molar-refractivity contribution in [2.45, 2.75) is 13.3 Å². The molecule has 0 saturated carbocycles. The summed E-state index contributed by atoms with van der Waals surface area (Å²) >= 11 is 0. The maximum absolute atomic E-state index is 11.9. The predicted molar refractivity (Wildman–Crippen MR) is 78.5 cm³/mol. The van der Waals surface area contributed by atoms with Crippen molar-refractivity contribution in [3.05, 3.63) is 38.7 Å². The van der Waals surface area contributed by atoms with Gasteiger partial charge in [0, 0.05) is 19.3 Å². The van der Waals surface area contributed by atoms with Crippen LogP contribution in [0.4, 0.5) is 0 Å². The van der Waals surface area contributed by atoms with Crippen molar-refractivity contribution in [2.75, 3.05) is 19.6 Å². The van der Waals surface area contributed by atoms with Crippen LogP contribution < -0.4 is 21.9 Å². The summed E-state index contributed by atoms with van der Waals surface area (Å²) in [6.07, 6.45) is 2.36. The fraction of sp³-hybridized carbons (Fsp3) is 0.385. The fourth-order valence-electron chi connectivity index (χ4n) is 1.84. The van der Waals surface area contributed by atoms with Gasteiger partial charge in [-0.25, -0.2) is 9.78 Å². The van der Waals surface area contributed by atoms with Crippen molar-refractivity contribution >= 4 is 16.9 Å².